The second-order valence-corrected chi connectivity index (χ2v) is 7.85. The van der Waals surface area contributed by atoms with Gasteiger partial charge in [0.05, 0.1) is 5.69 Å². The molecule has 2 aromatic rings. The molecule has 2 fully saturated rings. The van der Waals surface area contributed by atoms with Crippen molar-refractivity contribution in [2.75, 3.05) is 25.0 Å². The highest BCUT2D eigenvalue weighted by Gasteiger charge is 2.53. The Morgan fingerprint density at radius 1 is 0.967 bits per heavy atom. The number of carboxylic acids is 1. The van der Waals surface area contributed by atoms with Gasteiger partial charge in [-0.05, 0) is 37.3 Å². The van der Waals surface area contributed by atoms with Crippen molar-refractivity contribution >= 4 is 23.6 Å². The van der Waals surface area contributed by atoms with Gasteiger partial charge in [-0.25, -0.2) is 4.79 Å². The van der Waals surface area contributed by atoms with Gasteiger partial charge in [0.2, 0.25) is 5.91 Å². The van der Waals surface area contributed by atoms with Gasteiger partial charge < -0.3 is 20.2 Å². The number of amides is 3. The fraction of sp³-hybridized carbons (Fsp3) is 0.348. The number of hydrogen-bond acceptors (Lipinski definition) is 3. The monoisotopic (exact) mass is 407 g/mol. The molecule has 2 aliphatic heterocycles. The van der Waals surface area contributed by atoms with E-state index in [9.17, 15) is 14.4 Å². The van der Waals surface area contributed by atoms with Crippen LogP contribution in [0.1, 0.15) is 25.7 Å². The first kappa shape index (κ1) is 19.9. The molecule has 2 N–H and O–H groups in total. The number of carbonyl (C=O) groups excluding carboxylic acids is 2. The molecule has 0 saturated carbocycles. The molecular weight excluding hydrogens is 382 g/mol. The summed E-state index contributed by atoms with van der Waals surface area (Å²) in [4.78, 5) is 40.6. The zero-order valence-corrected chi connectivity index (χ0v) is 16.7. The second-order valence-electron chi connectivity index (χ2n) is 7.85. The van der Waals surface area contributed by atoms with E-state index in [0.29, 0.717) is 38.0 Å². The number of urea groups is 1. The number of hydrogen-bond donors (Lipinski definition) is 2. The maximum atomic E-state index is 13.3. The third-order valence-corrected chi connectivity index (χ3v) is 6.02. The number of nitrogens with zero attached hydrogens (tertiary/aromatic N) is 2. The highest BCUT2D eigenvalue weighted by Crippen LogP contribution is 2.39. The standard InChI is InChI=1S/C23H25N3O4/c27-20(28)16-25-14-6-12-23(21(25)29)13-7-15-26(23)22(30)24-19-11-5-4-10-18(19)17-8-2-1-3-9-17/h1-5,8-11H,6-7,12-16H2,(H,24,30)(H,27,28). The predicted octanol–water partition coefficient (Wildman–Crippen LogP) is 3.43. The van der Waals surface area contributed by atoms with Gasteiger partial charge in [-0.2, -0.15) is 0 Å². The summed E-state index contributed by atoms with van der Waals surface area (Å²) in [5.74, 6) is -1.29. The lowest BCUT2D eigenvalue weighted by molar-refractivity contribution is -0.152. The van der Waals surface area contributed by atoms with E-state index >= 15 is 0 Å². The number of nitrogens with one attached hydrogen (secondary N) is 1. The van der Waals surface area contributed by atoms with Crippen molar-refractivity contribution in [3.63, 3.8) is 0 Å². The van der Waals surface area contributed by atoms with E-state index in [1.54, 1.807) is 4.90 Å². The van der Waals surface area contributed by atoms with Crippen LogP contribution in [0.15, 0.2) is 54.6 Å². The molecule has 156 valence electrons. The Hall–Kier alpha value is -3.35. The van der Waals surface area contributed by atoms with Crippen molar-refractivity contribution in [1.29, 1.82) is 0 Å². The van der Waals surface area contributed by atoms with Crippen LogP contribution in [0.25, 0.3) is 11.1 Å². The largest absolute Gasteiger partial charge is 0.480 e. The summed E-state index contributed by atoms with van der Waals surface area (Å²) >= 11 is 0. The lowest BCUT2D eigenvalue weighted by Crippen LogP contribution is -2.62. The van der Waals surface area contributed by atoms with Gasteiger partial charge in [0, 0.05) is 18.7 Å². The minimum Gasteiger partial charge on any atom is -0.480 e. The van der Waals surface area contributed by atoms with Crippen molar-refractivity contribution in [3.05, 3.63) is 54.6 Å². The number of anilines is 1. The Bertz CT molecular complexity index is 962. The van der Waals surface area contributed by atoms with Gasteiger partial charge in [-0.1, -0.05) is 48.5 Å². The highest BCUT2D eigenvalue weighted by molar-refractivity contribution is 5.99. The molecule has 7 nitrogen and oxygen atoms in total. The molecule has 2 heterocycles. The third-order valence-electron chi connectivity index (χ3n) is 6.02. The summed E-state index contributed by atoms with van der Waals surface area (Å²) in [5, 5.41) is 12.1. The van der Waals surface area contributed by atoms with E-state index in [2.05, 4.69) is 5.32 Å². The Balaban J connectivity index is 1.58. The molecule has 2 aromatic carbocycles. The molecule has 30 heavy (non-hydrogen) atoms. The highest BCUT2D eigenvalue weighted by atomic mass is 16.4. The van der Waals surface area contributed by atoms with Crippen LogP contribution in [0.2, 0.25) is 0 Å². The van der Waals surface area contributed by atoms with Crippen LogP contribution in [0.5, 0.6) is 0 Å². The molecule has 0 bridgehead atoms. The van der Waals surface area contributed by atoms with Crippen molar-refractivity contribution in [2.24, 2.45) is 0 Å². The Morgan fingerprint density at radius 2 is 1.63 bits per heavy atom. The summed E-state index contributed by atoms with van der Waals surface area (Å²) in [6, 6.07) is 17.1. The minimum atomic E-state index is -1.04. The lowest BCUT2D eigenvalue weighted by atomic mass is 9.85. The molecule has 0 aromatic heterocycles. The predicted molar refractivity (Wildman–Crippen MR) is 113 cm³/mol. The van der Waals surface area contributed by atoms with Gasteiger partial charge in [0.15, 0.2) is 0 Å². The van der Waals surface area contributed by atoms with Crippen LogP contribution in [0.4, 0.5) is 10.5 Å². The summed E-state index contributed by atoms with van der Waals surface area (Å²) < 4.78 is 0. The quantitative estimate of drug-likeness (QED) is 0.813. The first-order valence-corrected chi connectivity index (χ1v) is 10.3. The van der Waals surface area contributed by atoms with Crippen LogP contribution in [-0.2, 0) is 9.59 Å². The average Bonchev–Trinajstić information content (AvgIpc) is 3.17. The van der Waals surface area contributed by atoms with E-state index < -0.39 is 11.5 Å². The maximum Gasteiger partial charge on any atom is 0.323 e. The number of likely N-dealkylation sites (tertiary alicyclic amines) is 2. The first-order chi connectivity index (χ1) is 14.5. The van der Waals surface area contributed by atoms with Gasteiger partial charge in [0.25, 0.3) is 0 Å². The molecule has 0 radical (unpaired) electrons. The van der Waals surface area contributed by atoms with E-state index in [4.69, 9.17) is 5.11 Å². The Kier molecular flexibility index (Phi) is 5.44. The normalized spacial score (nSPS) is 21.1. The zero-order valence-electron chi connectivity index (χ0n) is 16.7. The molecular formula is C23H25N3O4. The number of carbonyl (C=O) groups is 3. The smallest absolute Gasteiger partial charge is 0.323 e. The Morgan fingerprint density at radius 3 is 2.37 bits per heavy atom. The minimum absolute atomic E-state index is 0.250. The van der Waals surface area contributed by atoms with Crippen LogP contribution < -0.4 is 5.32 Å². The van der Waals surface area contributed by atoms with Crippen LogP contribution >= 0.6 is 0 Å². The molecule has 2 saturated heterocycles. The van der Waals surface area contributed by atoms with E-state index in [1.807, 2.05) is 54.6 Å². The fourth-order valence-electron chi connectivity index (χ4n) is 4.68. The van der Waals surface area contributed by atoms with Crippen LogP contribution in [-0.4, -0.2) is 58.0 Å². The third kappa shape index (κ3) is 3.63. The number of benzene rings is 2. The van der Waals surface area contributed by atoms with E-state index in [-0.39, 0.29) is 18.5 Å². The zero-order chi connectivity index (χ0) is 21.1. The summed E-state index contributed by atoms with van der Waals surface area (Å²) in [6.45, 7) is 0.568. The number of para-hydroxylation sites is 1. The summed E-state index contributed by atoms with van der Waals surface area (Å²) in [7, 11) is 0. The molecule has 1 unspecified atom stereocenters. The molecule has 4 rings (SSSR count). The van der Waals surface area contributed by atoms with Crippen LogP contribution in [0.3, 0.4) is 0 Å². The van der Waals surface area contributed by atoms with Gasteiger partial charge in [-0.3, -0.25) is 9.59 Å². The van der Waals surface area contributed by atoms with Crippen LogP contribution in [0, 0.1) is 0 Å². The number of carboxylic acid groups (broad SMARTS) is 1. The molecule has 0 aliphatic carbocycles. The van der Waals surface area contributed by atoms with Crippen molar-refractivity contribution in [2.45, 2.75) is 31.2 Å². The topological polar surface area (TPSA) is 89.9 Å². The molecule has 2 aliphatic rings. The molecule has 3 amide bonds. The van der Waals surface area contributed by atoms with Crippen molar-refractivity contribution in [1.82, 2.24) is 9.80 Å². The second kappa shape index (κ2) is 8.18. The molecule has 1 atom stereocenters. The average molecular weight is 407 g/mol. The maximum absolute atomic E-state index is 13.3. The van der Waals surface area contributed by atoms with Gasteiger partial charge in [0.1, 0.15) is 12.1 Å². The number of aliphatic carboxylic acids is 1. The number of rotatable bonds is 4. The molecule has 1 spiro atoms. The van der Waals surface area contributed by atoms with Gasteiger partial charge >= 0.3 is 12.0 Å². The lowest BCUT2D eigenvalue weighted by Gasteiger charge is -2.44. The fourth-order valence-corrected chi connectivity index (χ4v) is 4.68. The first-order valence-electron chi connectivity index (χ1n) is 10.3. The van der Waals surface area contributed by atoms with Crippen molar-refractivity contribution < 1.29 is 19.5 Å². The number of piperidine rings is 1. The summed E-state index contributed by atoms with van der Waals surface area (Å²) in [5.41, 5.74) is 1.63. The summed E-state index contributed by atoms with van der Waals surface area (Å²) in [6.07, 6.45) is 2.54. The SMILES string of the molecule is O=C(O)CN1CCCC2(CCCN2C(=O)Nc2ccccc2-c2ccccc2)C1=O. The Labute approximate surface area is 175 Å². The molecule has 7 heteroatoms. The van der Waals surface area contributed by atoms with Gasteiger partial charge in [-0.15, -0.1) is 0 Å². The van der Waals surface area contributed by atoms with Crippen molar-refractivity contribution in [3.8, 4) is 11.1 Å². The van der Waals surface area contributed by atoms with E-state index in [0.717, 1.165) is 17.5 Å². The van der Waals surface area contributed by atoms with E-state index in [1.165, 1.54) is 4.90 Å².